The lowest BCUT2D eigenvalue weighted by atomic mass is 10.1. The van der Waals surface area contributed by atoms with Crippen LogP contribution in [0, 0.1) is 18.7 Å². The van der Waals surface area contributed by atoms with Crippen molar-refractivity contribution in [3.8, 4) is 22.7 Å². The lowest BCUT2D eigenvalue weighted by Crippen LogP contribution is -2.42. The summed E-state index contributed by atoms with van der Waals surface area (Å²) in [4.78, 5) is 30.1. The number of nitrogens with two attached hydrogens (primary N) is 1. The molecular weight excluding hydrogens is 445 g/mol. The molecule has 2 N–H and O–H groups in total. The molecule has 0 radical (unpaired) electrons. The summed E-state index contributed by atoms with van der Waals surface area (Å²) in [6.45, 7) is 6.87. The van der Waals surface area contributed by atoms with Crippen molar-refractivity contribution in [2.75, 3.05) is 4.90 Å². The quantitative estimate of drug-likeness (QED) is 0.539. The summed E-state index contributed by atoms with van der Waals surface area (Å²) in [5.74, 6) is -0.696. The van der Waals surface area contributed by atoms with Gasteiger partial charge < -0.3 is 19.6 Å². The van der Waals surface area contributed by atoms with E-state index in [0.29, 0.717) is 17.1 Å². The molecular formula is C23H24FN5O5. The van der Waals surface area contributed by atoms with Crippen LogP contribution in [0.5, 0.6) is 0 Å². The van der Waals surface area contributed by atoms with Gasteiger partial charge in [0.05, 0.1) is 5.69 Å². The maximum Gasteiger partial charge on any atom is 0.417 e. The van der Waals surface area contributed by atoms with E-state index in [1.807, 2.05) is 0 Å². The predicted octanol–water partition coefficient (Wildman–Crippen LogP) is 3.44. The Bertz CT molecular complexity index is 1210. The normalized spacial score (nSPS) is 18.8. The van der Waals surface area contributed by atoms with E-state index in [2.05, 4.69) is 15.2 Å². The summed E-state index contributed by atoms with van der Waals surface area (Å²) in [7, 11) is 0. The first kappa shape index (κ1) is 23.3. The molecule has 34 heavy (non-hydrogen) atoms. The first-order valence-electron chi connectivity index (χ1n) is 10.7. The van der Waals surface area contributed by atoms with Gasteiger partial charge in [0.25, 0.3) is 12.2 Å². The number of rotatable bonds is 6. The van der Waals surface area contributed by atoms with Crippen LogP contribution in [0.1, 0.15) is 26.7 Å². The molecule has 0 aliphatic carbocycles. The maximum atomic E-state index is 15.0. The molecule has 1 saturated heterocycles. The summed E-state index contributed by atoms with van der Waals surface area (Å²) >= 11 is 0. The topological polar surface area (TPSA) is 134 Å². The van der Waals surface area contributed by atoms with Crippen molar-refractivity contribution in [3.05, 3.63) is 48.2 Å². The smallest absolute Gasteiger partial charge is 0.417 e. The van der Waals surface area contributed by atoms with E-state index in [-0.39, 0.29) is 23.1 Å². The van der Waals surface area contributed by atoms with Gasteiger partial charge >= 0.3 is 12.1 Å². The van der Waals surface area contributed by atoms with Crippen LogP contribution in [0.3, 0.4) is 0 Å². The number of anilines is 1. The van der Waals surface area contributed by atoms with E-state index in [0.717, 1.165) is 0 Å². The monoisotopic (exact) mass is 469 g/mol. The molecule has 3 atom stereocenters. The number of aromatic nitrogens is 3. The molecule has 3 aromatic rings. The highest BCUT2D eigenvalue weighted by Gasteiger charge is 2.43. The van der Waals surface area contributed by atoms with Crippen molar-refractivity contribution in [1.29, 1.82) is 0 Å². The third kappa shape index (κ3) is 4.46. The van der Waals surface area contributed by atoms with Crippen LogP contribution in [0.25, 0.3) is 22.7 Å². The fraction of sp³-hybridized carbons (Fsp3) is 0.348. The first-order chi connectivity index (χ1) is 16.2. The highest BCUT2D eigenvalue weighted by atomic mass is 19.1. The van der Waals surface area contributed by atoms with Crippen molar-refractivity contribution < 1.29 is 27.9 Å². The number of benzene rings is 1. The molecule has 1 fully saturated rings. The number of pyridine rings is 1. The zero-order chi connectivity index (χ0) is 24.6. The SMILES string of the molecule is Cc1nnc(-c2ccc(-c3ccc(N4C(=O)OC(OC(=O)[C@@H](N)C(C)C)[C@H]4C)cc3F)cn2)o1. The van der Waals surface area contributed by atoms with Crippen molar-refractivity contribution in [2.45, 2.75) is 46.1 Å². The number of esters is 1. The van der Waals surface area contributed by atoms with E-state index < -0.39 is 36.3 Å². The van der Waals surface area contributed by atoms with Gasteiger partial charge in [-0.2, -0.15) is 0 Å². The molecule has 1 aliphatic rings. The molecule has 2 aromatic heterocycles. The second-order valence-electron chi connectivity index (χ2n) is 8.29. The van der Waals surface area contributed by atoms with E-state index in [1.165, 1.54) is 23.2 Å². The van der Waals surface area contributed by atoms with Crippen LogP contribution in [0.15, 0.2) is 40.9 Å². The van der Waals surface area contributed by atoms with Crippen molar-refractivity contribution in [1.82, 2.24) is 15.2 Å². The van der Waals surface area contributed by atoms with E-state index in [1.54, 1.807) is 45.9 Å². The summed E-state index contributed by atoms with van der Waals surface area (Å²) < 4.78 is 30.8. The third-order valence-electron chi connectivity index (χ3n) is 5.49. The van der Waals surface area contributed by atoms with Gasteiger partial charge in [-0.3, -0.25) is 14.7 Å². The number of carbonyl (C=O) groups is 2. The van der Waals surface area contributed by atoms with Crippen LogP contribution in [-0.2, 0) is 14.3 Å². The molecule has 178 valence electrons. The lowest BCUT2D eigenvalue weighted by Gasteiger charge is -2.22. The fourth-order valence-corrected chi connectivity index (χ4v) is 3.44. The number of hydrogen-bond donors (Lipinski definition) is 1. The Kier molecular flexibility index (Phi) is 6.29. The van der Waals surface area contributed by atoms with Crippen molar-refractivity contribution in [2.24, 2.45) is 11.7 Å². The standard InChI is InChI=1S/C23H24FN5O5/c1-11(2)19(25)21(30)33-22-12(3)29(23(31)34-22)15-6-7-16(17(24)9-15)14-5-8-18(26-10-14)20-28-27-13(4)32-20/h5-12,19,22H,25H2,1-4H3/t12-,19+,22?/m1/s1. The minimum absolute atomic E-state index is 0.141. The minimum atomic E-state index is -1.15. The number of hydrogen-bond acceptors (Lipinski definition) is 9. The number of amides is 1. The van der Waals surface area contributed by atoms with Gasteiger partial charge in [0.15, 0.2) is 0 Å². The number of cyclic esters (lactones) is 1. The largest absolute Gasteiger partial charge is 0.422 e. The molecule has 1 unspecified atom stereocenters. The van der Waals surface area contributed by atoms with Gasteiger partial charge in [0.1, 0.15) is 23.6 Å². The average molecular weight is 469 g/mol. The van der Waals surface area contributed by atoms with Crippen molar-refractivity contribution in [3.63, 3.8) is 0 Å². The Labute approximate surface area is 194 Å². The summed E-state index contributed by atoms with van der Waals surface area (Å²) in [5.41, 5.74) is 7.34. The van der Waals surface area contributed by atoms with Crippen molar-refractivity contribution >= 4 is 17.7 Å². The second-order valence-corrected chi connectivity index (χ2v) is 8.29. The van der Waals surface area contributed by atoms with Crippen LogP contribution in [0.2, 0.25) is 0 Å². The molecule has 10 nitrogen and oxygen atoms in total. The summed E-state index contributed by atoms with van der Waals surface area (Å²) in [6, 6.07) is 6.13. The van der Waals surface area contributed by atoms with Crippen LogP contribution < -0.4 is 10.6 Å². The first-order valence-corrected chi connectivity index (χ1v) is 10.7. The Hall–Kier alpha value is -3.86. The van der Waals surface area contributed by atoms with Crippen LogP contribution in [0.4, 0.5) is 14.9 Å². The van der Waals surface area contributed by atoms with E-state index in [4.69, 9.17) is 19.6 Å². The Balaban J connectivity index is 1.51. The van der Waals surface area contributed by atoms with Gasteiger partial charge in [-0.25, -0.2) is 9.18 Å². The minimum Gasteiger partial charge on any atom is -0.422 e. The zero-order valence-corrected chi connectivity index (χ0v) is 19.1. The fourth-order valence-electron chi connectivity index (χ4n) is 3.44. The Morgan fingerprint density at radius 3 is 2.59 bits per heavy atom. The molecule has 1 aromatic carbocycles. The molecule has 0 saturated carbocycles. The van der Waals surface area contributed by atoms with Crippen LogP contribution >= 0.6 is 0 Å². The van der Waals surface area contributed by atoms with Gasteiger partial charge in [0.2, 0.25) is 5.89 Å². The average Bonchev–Trinajstić information content (AvgIpc) is 3.35. The van der Waals surface area contributed by atoms with Crippen LogP contribution in [-0.4, -0.2) is 45.6 Å². The number of carbonyl (C=O) groups excluding carboxylic acids is 2. The lowest BCUT2D eigenvalue weighted by molar-refractivity contribution is -0.167. The third-order valence-corrected chi connectivity index (χ3v) is 5.49. The summed E-state index contributed by atoms with van der Waals surface area (Å²) in [5, 5.41) is 7.67. The molecule has 3 heterocycles. The highest BCUT2D eigenvalue weighted by molar-refractivity contribution is 5.91. The van der Waals surface area contributed by atoms with Gasteiger partial charge in [0, 0.05) is 24.2 Å². The van der Waals surface area contributed by atoms with Gasteiger partial charge in [-0.15, -0.1) is 10.2 Å². The molecule has 11 heteroatoms. The van der Waals surface area contributed by atoms with E-state index in [9.17, 15) is 9.59 Å². The molecule has 4 rings (SSSR count). The number of ether oxygens (including phenoxy) is 2. The number of halogens is 1. The highest BCUT2D eigenvalue weighted by Crippen LogP contribution is 2.32. The number of nitrogens with zero attached hydrogens (tertiary/aromatic N) is 4. The second kappa shape index (κ2) is 9.18. The molecule has 0 bridgehead atoms. The molecule has 1 aliphatic heterocycles. The summed E-state index contributed by atoms with van der Waals surface area (Å²) in [6.07, 6.45) is -0.415. The van der Waals surface area contributed by atoms with Gasteiger partial charge in [-0.05, 0) is 37.1 Å². The Morgan fingerprint density at radius 1 is 1.24 bits per heavy atom. The zero-order valence-electron chi connectivity index (χ0n) is 19.1. The number of aryl methyl sites for hydroxylation is 1. The molecule has 0 spiro atoms. The van der Waals surface area contributed by atoms with E-state index >= 15 is 4.39 Å². The Morgan fingerprint density at radius 2 is 2.00 bits per heavy atom. The molecule has 1 amide bonds. The maximum absolute atomic E-state index is 15.0. The van der Waals surface area contributed by atoms with Gasteiger partial charge in [-0.1, -0.05) is 19.9 Å². The predicted molar refractivity (Wildman–Crippen MR) is 119 cm³/mol.